The molecule has 0 saturated carbocycles. The van der Waals surface area contributed by atoms with Gasteiger partial charge in [0.1, 0.15) is 18.2 Å². The van der Waals surface area contributed by atoms with Crippen molar-refractivity contribution >= 4 is 6.29 Å². The Hall–Kier alpha value is -3.10. The molecule has 3 nitrogen and oxygen atoms in total. The third kappa shape index (κ3) is 4.02. The summed E-state index contributed by atoms with van der Waals surface area (Å²) in [5.41, 5.74) is -2.81. The third-order valence-electron chi connectivity index (χ3n) is 3.66. The van der Waals surface area contributed by atoms with Crippen LogP contribution in [0.5, 0.6) is 0 Å². The number of halogens is 6. The van der Waals surface area contributed by atoms with Gasteiger partial charge in [-0.3, -0.25) is 4.79 Å². The van der Waals surface area contributed by atoms with Gasteiger partial charge in [-0.05, 0) is 30.3 Å². The van der Waals surface area contributed by atoms with Gasteiger partial charge in [0.05, 0.1) is 11.1 Å². The van der Waals surface area contributed by atoms with E-state index in [0.717, 1.165) is 6.26 Å². The summed E-state index contributed by atoms with van der Waals surface area (Å²) in [4.78, 5) is 14.8. The molecule has 140 valence electrons. The molecule has 0 unspecified atom stereocenters. The molecule has 0 N–H and O–H groups in total. The Balaban J connectivity index is 2.09. The predicted octanol–water partition coefficient (Wildman–Crippen LogP) is 5.86. The molecule has 0 fully saturated rings. The topological polar surface area (TPSA) is 43.1 Å². The van der Waals surface area contributed by atoms with Gasteiger partial charge < -0.3 is 4.42 Å². The Labute approximate surface area is 148 Å². The lowest BCUT2D eigenvalue weighted by atomic mass is 10.0. The molecule has 1 heterocycles. The molecule has 0 amide bonds. The molecular weight excluding hydrogens is 376 g/mol. The van der Waals surface area contributed by atoms with E-state index < -0.39 is 29.0 Å². The number of aldehydes is 1. The van der Waals surface area contributed by atoms with Gasteiger partial charge in [0.25, 0.3) is 0 Å². The van der Waals surface area contributed by atoms with Crippen molar-refractivity contribution < 1.29 is 35.6 Å². The van der Waals surface area contributed by atoms with E-state index >= 15 is 0 Å². The summed E-state index contributed by atoms with van der Waals surface area (Å²) in [7, 11) is 0. The highest BCUT2D eigenvalue weighted by Gasteiger charge is 2.37. The van der Waals surface area contributed by atoms with E-state index in [1.54, 1.807) is 0 Å². The number of rotatable bonds is 3. The predicted molar refractivity (Wildman–Crippen MR) is 82.8 cm³/mol. The summed E-state index contributed by atoms with van der Waals surface area (Å²) < 4.78 is 82.9. The number of hydrogen-bond acceptors (Lipinski definition) is 3. The molecular formula is C18H9F6NO2. The summed E-state index contributed by atoms with van der Waals surface area (Å²) in [6, 6.07) is 7.19. The van der Waals surface area contributed by atoms with Gasteiger partial charge in [-0.25, -0.2) is 4.98 Å². The highest BCUT2D eigenvalue weighted by Crippen LogP contribution is 2.38. The number of oxazole rings is 1. The van der Waals surface area contributed by atoms with Crippen LogP contribution < -0.4 is 0 Å². The number of aromatic nitrogens is 1. The maximum atomic E-state index is 13.0. The van der Waals surface area contributed by atoms with Crippen molar-refractivity contribution in [2.75, 3.05) is 0 Å². The first-order chi connectivity index (χ1) is 12.6. The maximum absolute atomic E-state index is 13.0. The molecule has 2 aromatic carbocycles. The lowest BCUT2D eigenvalue weighted by Gasteiger charge is -2.13. The fraction of sp³-hybridized carbons (Fsp3) is 0.111. The first-order valence-corrected chi connectivity index (χ1v) is 7.39. The van der Waals surface area contributed by atoms with E-state index in [1.165, 1.54) is 24.3 Å². The van der Waals surface area contributed by atoms with Gasteiger partial charge in [-0.2, -0.15) is 26.3 Å². The summed E-state index contributed by atoms with van der Waals surface area (Å²) in [5.74, 6) is -0.0420. The van der Waals surface area contributed by atoms with Crippen molar-refractivity contribution in [2.45, 2.75) is 12.4 Å². The summed E-state index contributed by atoms with van der Waals surface area (Å²) >= 11 is 0. The van der Waals surface area contributed by atoms with Crippen molar-refractivity contribution in [2.24, 2.45) is 0 Å². The summed E-state index contributed by atoms with van der Waals surface area (Å²) in [6.07, 6.45) is -8.38. The molecule has 0 radical (unpaired) electrons. The third-order valence-corrected chi connectivity index (χ3v) is 3.66. The van der Waals surface area contributed by atoms with Crippen LogP contribution >= 0.6 is 0 Å². The zero-order chi connectivity index (χ0) is 19.8. The lowest BCUT2D eigenvalue weighted by molar-refractivity contribution is -0.143. The number of hydrogen-bond donors (Lipinski definition) is 0. The molecule has 9 heteroatoms. The van der Waals surface area contributed by atoms with Crippen molar-refractivity contribution in [3.8, 4) is 22.7 Å². The number of carbonyl (C=O) groups excluding carboxylic acids is 1. The molecule has 0 aliphatic carbocycles. The fourth-order valence-corrected chi connectivity index (χ4v) is 2.39. The highest BCUT2D eigenvalue weighted by atomic mass is 19.4. The van der Waals surface area contributed by atoms with Crippen molar-refractivity contribution in [1.82, 2.24) is 4.98 Å². The molecule has 0 spiro atoms. The number of nitrogens with zero attached hydrogens (tertiary/aromatic N) is 1. The van der Waals surface area contributed by atoms with Crippen molar-refractivity contribution in [3.63, 3.8) is 0 Å². The van der Waals surface area contributed by atoms with Crippen LogP contribution in [-0.2, 0) is 12.4 Å². The van der Waals surface area contributed by atoms with Crippen LogP contribution in [0, 0.1) is 0 Å². The average Bonchev–Trinajstić information content (AvgIpc) is 3.10. The van der Waals surface area contributed by atoms with Crippen LogP contribution in [0.25, 0.3) is 22.7 Å². The van der Waals surface area contributed by atoms with E-state index in [1.807, 2.05) is 0 Å². The first-order valence-electron chi connectivity index (χ1n) is 7.39. The number of alkyl halides is 6. The highest BCUT2D eigenvalue weighted by molar-refractivity contribution is 5.77. The Kier molecular flexibility index (Phi) is 4.54. The van der Waals surface area contributed by atoms with Crippen LogP contribution in [0.15, 0.2) is 53.1 Å². The molecule has 0 bridgehead atoms. The lowest BCUT2D eigenvalue weighted by Crippen LogP contribution is -2.11. The van der Waals surface area contributed by atoms with E-state index in [2.05, 4.69) is 4.98 Å². The molecule has 1 aromatic heterocycles. The smallest absolute Gasteiger partial charge is 0.416 e. The van der Waals surface area contributed by atoms with Gasteiger partial charge in [0.2, 0.25) is 5.89 Å². The van der Waals surface area contributed by atoms with E-state index in [0.29, 0.717) is 29.5 Å². The maximum Gasteiger partial charge on any atom is 0.416 e. The summed E-state index contributed by atoms with van der Waals surface area (Å²) in [6.45, 7) is 0. The molecule has 0 atom stereocenters. The minimum absolute atomic E-state index is 0.0397. The van der Waals surface area contributed by atoms with Crippen LogP contribution in [0.3, 0.4) is 0 Å². The Morgan fingerprint density at radius 1 is 0.852 bits per heavy atom. The van der Waals surface area contributed by atoms with Crippen molar-refractivity contribution in [3.05, 3.63) is 65.4 Å². The largest absolute Gasteiger partial charge is 0.444 e. The first kappa shape index (κ1) is 18.7. The average molecular weight is 385 g/mol. The van der Waals surface area contributed by atoms with Gasteiger partial charge in [-0.1, -0.05) is 12.1 Å². The van der Waals surface area contributed by atoms with Gasteiger partial charge >= 0.3 is 12.4 Å². The van der Waals surface area contributed by atoms with Gasteiger partial charge in [0.15, 0.2) is 0 Å². The zero-order valence-corrected chi connectivity index (χ0v) is 13.2. The van der Waals surface area contributed by atoms with Crippen molar-refractivity contribution in [1.29, 1.82) is 0 Å². The molecule has 3 aromatic rings. The second-order valence-corrected chi connectivity index (χ2v) is 5.58. The zero-order valence-electron chi connectivity index (χ0n) is 13.2. The molecule has 27 heavy (non-hydrogen) atoms. The second kappa shape index (κ2) is 6.57. The Morgan fingerprint density at radius 2 is 1.48 bits per heavy atom. The standard InChI is InChI=1S/C18H9F6NO2/c19-17(20,21)13-5-12(6-14(7-13)18(22,23)24)15-9-27-16(25-15)11-3-1-2-10(4-11)8-26/h1-9H. The van der Waals surface area contributed by atoms with Crippen LogP contribution in [0.1, 0.15) is 21.5 Å². The van der Waals surface area contributed by atoms with E-state index in [4.69, 9.17) is 4.42 Å². The van der Waals surface area contributed by atoms with E-state index in [-0.39, 0.29) is 17.7 Å². The SMILES string of the molecule is O=Cc1cccc(-c2nc(-c3cc(C(F)(F)F)cc(C(F)(F)F)c3)co2)c1. The number of carbonyl (C=O) groups is 1. The van der Waals surface area contributed by atoms with Gasteiger partial charge in [0, 0.05) is 16.7 Å². The van der Waals surface area contributed by atoms with Crippen LogP contribution in [0.4, 0.5) is 26.3 Å². The fourth-order valence-electron chi connectivity index (χ4n) is 2.39. The quantitative estimate of drug-likeness (QED) is 0.419. The van der Waals surface area contributed by atoms with Crippen LogP contribution in [0.2, 0.25) is 0 Å². The normalized spacial score (nSPS) is 12.2. The minimum Gasteiger partial charge on any atom is -0.444 e. The summed E-state index contributed by atoms with van der Waals surface area (Å²) in [5, 5.41) is 0. The number of benzene rings is 2. The Morgan fingerprint density at radius 3 is 2.04 bits per heavy atom. The molecule has 0 saturated heterocycles. The van der Waals surface area contributed by atoms with Crippen LogP contribution in [-0.4, -0.2) is 11.3 Å². The van der Waals surface area contributed by atoms with E-state index in [9.17, 15) is 31.1 Å². The Bertz CT molecular complexity index is 956. The monoisotopic (exact) mass is 385 g/mol. The minimum atomic E-state index is -4.96. The molecule has 0 aliphatic rings. The second-order valence-electron chi connectivity index (χ2n) is 5.58. The molecule has 0 aliphatic heterocycles. The molecule has 3 rings (SSSR count). The van der Waals surface area contributed by atoms with Gasteiger partial charge in [-0.15, -0.1) is 0 Å².